The summed E-state index contributed by atoms with van der Waals surface area (Å²) in [5, 5.41) is 0. The molecule has 3 N–H and O–H groups in total. The highest BCUT2D eigenvalue weighted by Gasteiger charge is 2.24. The molecule has 1 saturated heterocycles. The molecule has 32 heavy (non-hydrogen) atoms. The van der Waals surface area contributed by atoms with Crippen molar-refractivity contribution in [3.63, 3.8) is 0 Å². The van der Waals surface area contributed by atoms with E-state index in [1.54, 1.807) is 19.1 Å². The number of nitrogens with two attached hydrogens (primary N) is 1. The summed E-state index contributed by atoms with van der Waals surface area (Å²) >= 11 is 0. The minimum Gasteiger partial charge on any atom is -0.497 e. The van der Waals surface area contributed by atoms with Crippen LogP contribution in [0.5, 0.6) is 5.75 Å². The van der Waals surface area contributed by atoms with Crippen LogP contribution in [0.2, 0.25) is 0 Å². The van der Waals surface area contributed by atoms with Gasteiger partial charge in [-0.3, -0.25) is 19.1 Å². The number of amides is 1. The topological polar surface area (TPSA) is 117 Å². The molecule has 0 unspecified atom stereocenters. The number of nitrogen functional groups attached to an aromatic ring is 1. The number of nitrogens with one attached hydrogen (secondary N) is 1. The van der Waals surface area contributed by atoms with E-state index in [4.69, 9.17) is 10.5 Å². The first-order valence-corrected chi connectivity index (χ1v) is 10.9. The molecule has 1 aliphatic heterocycles. The number of carbonyl (C=O) groups is 1. The largest absolute Gasteiger partial charge is 0.497 e. The number of ether oxygens (including phenoxy) is 1. The molecule has 0 bridgehead atoms. The number of anilines is 3. The second kappa shape index (κ2) is 10.3. The number of methoxy groups -OCH3 is 1. The van der Waals surface area contributed by atoms with Crippen LogP contribution in [0, 0.1) is 0 Å². The van der Waals surface area contributed by atoms with Crippen LogP contribution in [0.15, 0.2) is 33.9 Å². The zero-order valence-corrected chi connectivity index (χ0v) is 19.0. The summed E-state index contributed by atoms with van der Waals surface area (Å²) in [6.45, 7) is 5.02. The highest BCUT2D eigenvalue weighted by molar-refractivity contribution is 5.82. The summed E-state index contributed by atoms with van der Waals surface area (Å²) < 4.78 is 6.56. The molecule has 0 aliphatic carbocycles. The number of rotatable bonds is 8. The fraction of sp³-hybridized carbons (Fsp3) is 0.500. The Morgan fingerprint density at radius 3 is 2.41 bits per heavy atom. The van der Waals surface area contributed by atoms with Crippen LogP contribution < -0.4 is 31.5 Å². The SMILES string of the molecule is CCCCn1c(N)c(N(C)CC(=O)N2CCN(c3ccc(OC)cc3)CC2)c(=O)[nH]c1=O. The lowest BCUT2D eigenvalue weighted by Gasteiger charge is -2.37. The quantitative estimate of drug-likeness (QED) is 0.616. The molecule has 10 heteroatoms. The molecule has 174 valence electrons. The summed E-state index contributed by atoms with van der Waals surface area (Å²) in [6.07, 6.45) is 1.65. The lowest BCUT2D eigenvalue weighted by molar-refractivity contribution is -0.129. The van der Waals surface area contributed by atoms with Crippen LogP contribution >= 0.6 is 0 Å². The van der Waals surface area contributed by atoms with Gasteiger partial charge in [-0.15, -0.1) is 0 Å². The zero-order chi connectivity index (χ0) is 23.3. The lowest BCUT2D eigenvalue weighted by atomic mass is 10.2. The normalized spacial score (nSPS) is 13.8. The van der Waals surface area contributed by atoms with Gasteiger partial charge in [-0.2, -0.15) is 0 Å². The van der Waals surface area contributed by atoms with Gasteiger partial charge in [0.1, 0.15) is 17.3 Å². The molecule has 0 radical (unpaired) electrons. The first-order valence-electron chi connectivity index (χ1n) is 10.9. The summed E-state index contributed by atoms with van der Waals surface area (Å²) in [7, 11) is 3.28. The van der Waals surface area contributed by atoms with Gasteiger partial charge < -0.3 is 25.2 Å². The maximum Gasteiger partial charge on any atom is 0.330 e. The molecule has 2 heterocycles. The molecule has 10 nitrogen and oxygen atoms in total. The van der Waals surface area contributed by atoms with E-state index in [1.807, 2.05) is 31.2 Å². The Kier molecular flexibility index (Phi) is 7.45. The Morgan fingerprint density at radius 1 is 1.16 bits per heavy atom. The first kappa shape index (κ1) is 23.2. The van der Waals surface area contributed by atoms with Gasteiger partial charge in [-0.05, 0) is 30.7 Å². The monoisotopic (exact) mass is 444 g/mol. The predicted molar refractivity (Wildman–Crippen MR) is 126 cm³/mol. The number of unbranched alkanes of at least 4 members (excludes halogenated alkanes) is 1. The van der Waals surface area contributed by atoms with E-state index < -0.39 is 11.2 Å². The van der Waals surface area contributed by atoms with Crippen molar-refractivity contribution < 1.29 is 9.53 Å². The van der Waals surface area contributed by atoms with Crippen LogP contribution in [0.25, 0.3) is 0 Å². The number of aromatic amines is 1. The van der Waals surface area contributed by atoms with Crippen LogP contribution in [-0.4, -0.2) is 67.2 Å². The minimum absolute atomic E-state index is 0.00178. The van der Waals surface area contributed by atoms with Gasteiger partial charge >= 0.3 is 5.69 Å². The van der Waals surface area contributed by atoms with Crippen molar-refractivity contribution in [2.24, 2.45) is 0 Å². The fourth-order valence-electron chi connectivity index (χ4n) is 3.87. The van der Waals surface area contributed by atoms with Gasteiger partial charge in [0, 0.05) is 45.5 Å². The molecular weight excluding hydrogens is 412 g/mol. The van der Waals surface area contributed by atoms with Gasteiger partial charge in [0.25, 0.3) is 5.56 Å². The molecule has 1 amide bonds. The maximum absolute atomic E-state index is 12.9. The van der Waals surface area contributed by atoms with Crippen LogP contribution in [0.3, 0.4) is 0 Å². The summed E-state index contributed by atoms with van der Waals surface area (Å²) in [4.78, 5) is 45.2. The highest BCUT2D eigenvalue weighted by Crippen LogP contribution is 2.21. The average Bonchev–Trinajstić information content (AvgIpc) is 2.79. The Balaban J connectivity index is 1.64. The Hall–Kier alpha value is -3.43. The zero-order valence-electron chi connectivity index (χ0n) is 19.0. The van der Waals surface area contributed by atoms with E-state index in [9.17, 15) is 14.4 Å². The average molecular weight is 445 g/mol. The van der Waals surface area contributed by atoms with E-state index >= 15 is 0 Å². The Labute approximate surface area is 187 Å². The fourth-order valence-corrected chi connectivity index (χ4v) is 3.87. The van der Waals surface area contributed by atoms with Crippen molar-refractivity contribution in [1.82, 2.24) is 14.5 Å². The van der Waals surface area contributed by atoms with E-state index in [-0.39, 0.29) is 24.0 Å². The third-order valence-corrected chi connectivity index (χ3v) is 5.77. The van der Waals surface area contributed by atoms with E-state index in [2.05, 4.69) is 9.88 Å². The molecule has 0 saturated carbocycles. The van der Waals surface area contributed by atoms with Gasteiger partial charge in [0.15, 0.2) is 0 Å². The standard InChI is InChI=1S/C22H32N6O4/c1-4-5-10-28-20(23)19(21(30)24-22(28)31)25(2)15-18(29)27-13-11-26(12-14-27)16-6-8-17(32-3)9-7-16/h6-9H,4-5,10-15,23H2,1-3H3,(H,24,30,31). The second-order valence-electron chi connectivity index (χ2n) is 7.92. The molecule has 0 spiro atoms. The van der Waals surface area contributed by atoms with Crippen molar-refractivity contribution in [2.75, 3.05) is 62.4 Å². The summed E-state index contributed by atoms with van der Waals surface area (Å²) in [5.74, 6) is 0.805. The van der Waals surface area contributed by atoms with E-state index in [1.165, 1.54) is 9.47 Å². The van der Waals surface area contributed by atoms with Gasteiger partial charge in [-0.25, -0.2) is 4.79 Å². The molecule has 0 atom stereocenters. The molecule has 1 aromatic carbocycles. The van der Waals surface area contributed by atoms with Gasteiger partial charge in [-0.1, -0.05) is 13.3 Å². The smallest absolute Gasteiger partial charge is 0.330 e. The summed E-state index contributed by atoms with van der Waals surface area (Å²) in [5.41, 5.74) is 6.26. The van der Waals surface area contributed by atoms with Gasteiger partial charge in [0.05, 0.1) is 13.7 Å². The number of hydrogen-bond acceptors (Lipinski definition) is 7. The number of carbonyl (C=O) groups excluding carboxylic acids is 1. The van der Waals surface area contributed by atoms with Crippen LogP contribution in [0.4, 0.5) is 17.2 Å². The molecule has 3 rings (SSSR count). The maximum atomic E-state index is 12.9. The third-order valence-electron chi connectivity index (χ3n) is 5.77. The van der Waals surface area contributed by atoms with Crippen LogP contribution in [0.1, 0.15) is 19.8 Å². The van der Waals surface area contributed by atoms with Crippen molar-refractivity contribution in [3.8, 4) is 5.75 Å². The molecular formula is C22H32N6O4. The number of aromatic nitrogens is 2. The predicted octanol–water partition coefficient (Wildman–Crippen LogP) is 0.713. The van der Waals surface area contributed by atoms with Crippen LogP contribution in [-0.2, 0) is 11.3 Å². The molecule has 2 aromatic rings. The minimum atomic E-state index is -0.583. The lowest BCUT2D eigenvalue weighted by Crippen LogP contribution is -2.51. The number of likely N-dealkylation sites (N-methyl/N-ethyl adjacent to an activating group) is 1. The number of piperazine rings is 1. The van der Waals surface area contributed by atoms with Gasteiger partial charge in [0.2, 0.25) is 5.91 Å². The molecule has 1 aliphatic rings. The highest BCUT2D eigenvalue weighted by atomic mass is 16.5. The third kappa shape index (κ3) is 5.06. The van der Waals surface area contributed by atoms with Crippen molar-refractivity contribution >= 4 is 23.1 Å². The van der Waals surface area contributed by atoms with Crippen molar-refractivity contribution in [3.05, 3.63) is 45.1 Å². The Bertz CT molecular complexity index is 1040. The first-order chi connectivity index (χ1) is 15.3. The van der Waals surface area contributed by atoms with Crippen molar-refractivity contribution in [2.45, 2.75) is 26.3 Å². The molecule has 1 aromatic heterocycles. The van der Waals surface area contributed by atoms with Crippen molar-refractivity contribution in [1.29, 1.82) is 0 Å². The van der Waals surface area contributed by atoms with E-state index in [0.717, 1.165) is 24.3 Å². The second-order valence-corrected chi connectivity index (χ2v) is 7.92. The number of hydrogen-bond donors (Lipinski definition) is 2. The summed E-state index contributed by atoms with van der Waals surface area (Å²) in [6, 6.07) is 7.85. The molecule has 1 fully saturated rings. The van der Waals surface area contributed by atoms with E-state index in [0.29, 0.717) is 32.7 Å². The number of H-pyrrole nitrogens is 1. The Morgan fingerprint density at radius 2 is 1.81 bits per heavy atom. The number of nitrogens with zero attached hydrogens (tertiary/aromatic N) is 4. The number of benzene rings is 1.